The number of aliphatic carboxylic acids is 1. The van der Waals surface area contributed by atoms with E-state index in [9.17, 15) is 9.59 Å². The van der Waals surface area contributed by atoms with Crippen molar-refractivity contribution in [1.29, 1.82) is 0 Å². The van der Waals surface area contributed by atoms with Gasteiger partial charge in [-0.2, -0.15) is 0 Å². The summed E-state index contributed by atoms with van der Waals surface area (Å²) in [5, 5.41) is 11.6. The molecule has 0 spiro atoms. The molecular formula is C26H38N2O4. The lowest BCUT2D eigenvalue weighted by Crippen LogP contribution is -2.24. The molecule has 1 amide bonds. The van der Waals surface area contributed by atoms with Crippen LogP contribution in [0.1, 0.15) is 95.4 Å². The number of benzene rings is 1. The summed E-state index contributed by atoms with van der Waals surface area (Å²) < 4.78 is 5.82. The Morgan fingerprint density at radius 3 is 2.19 bits per heavy atom. The number of nitrogens with one attached hydrogen (secondary N) is 1. The summed E-state index contributed by atoms with van der Waals surface area (Å²) >= 11 is 0. The second-order valence-electron chi connectivity index (χ2n) is 8.72. The SMILES string of the molecule is CC(C)c1ccc(-c2cnc(CCC(=O)NCCCCCCCCCCC(=O)O)o2)cc1. The third-order valence-corrected chi connectivity index (χ3v) is 5.62. The molecule has 0 radical (unpaired) electrons. The Bertz CT molecular complexity index is 811. The van der Waals surface area contributed by atoms with Gasteiger partial charge in [-0.1, -0.05) is 76.6 Å². The first-order chi connectivity index (χ1) is 15.5. The highest BCUT2D eigenvalue weighted by atomic mass is 16.4. The first-order valence-corrected chi connectivity index (χ1v) is 12.0. The van der Waals surface area contributed by atoms with Crippen LogP contribution < -0.4 is 5.32 Å². The zero-order valence-corrected chi connectivity index (χ0v) is 19.6. The van der Waals surface area contributed by atoms with Crippen molar-refractivity contribution in [3.63, 3.8) is 0 Å². The van der Waals surface area contributed by atoms with Crippen LogP contribution in [0.5, 0.6) is 0 Å². The van der Waals surface area contributed by atoms with Crippen molar-refractivity contribution in [2.45, 2.75) is 90.4 Å². The molecule has 0 unspecified atom stereocenters. The molecule has 0 aliphatic rings. The molecule has 2 rings (SSSR count). The van der Waals surface area contributed by atoms with Crippen LogP contribution in [0.2, 0.25) is 0 Å². The van der Waals surface area contributed by atoms with Crippen LogP contribution in [0.25, 0.3) is 11.3 Å². The number of hydrogen-bond acceptors (Lipinski definition) is 4. The van der Waals surface area contributed by atoms with Gasteiger partial charge in [-0.15, -0.1) is 0 Å². The minimum absolute atomic E-state index is 0.0319. The van der Waals surface area contributed by atoms with Crippen molar-refractivity contribution in [1.82, 2.24) is 10.3 Å². The van der Waals surface area contributed by atoms with Crippen LogP contribution in [0.15, 0.2) is 34.9 Å². The summed E-state index contributed by atoms with van der Waals surface area (Å²) in [4.78, 5) is 26.8. The second-order valence-corrected chi connectivity index (χ2v) is 8.72. The van der Waals surface area contributed by atoms with Gasteiger partial charge in [0.1, 0.15) is 0 Å². The standard InChI is InChI=1S/C26H38N2O4/c1-20(2)21-12-14-22(15-13-21)23-19-28-25(32-23)17-16-24(29)27-18-10-8-6-4-3-5-7-9-11-26(30)31/h12-15,19-20H,3-11,16-18H2,1-2H3,(H,27,29)(H,30,31). The van der Waals surface area contributed by atoms with Crippen LogP contribution >= 0.6 is 0 Å². The normalized spacial score (nSPS) is 11.1. The maximum atomic E-state index is 12.1. The van der Waals surface area contributed by atoms with Gasteiger partial charge < -0.3 is 14.8 Å². The van der Waals surface area contributed by atoms with Gasteiger partial charge in [0.15, 0.2) is 11.7 Å². The molecule has 176 valence electrons. The van der Waals surface area contributed by atoms with Crippen LogP contribution in [0.4, 0.5) is 0 Å². The number of unbranched alkanes of at least 4 members (excludes halogenated alkanes) is 7. The van der Waals surface area contributed by atoms with Crippen molar-refractivity contribution in [2.24, 2.45) is 0 Å². The van der Waals surface area contributed by atoms with Crippen LogP contribution in [-0.2, 0) is 16.0 Å². The number of aryl methyl sites for hydroxylation is 1. The van der Waals surface area contributed by atoms with E-state index in [0.717, 1.165) is 56.3 Å². The lowest BCUT2D eigenvalue weighted by molar-refractivity contribution is -0.137. The zero-order valence-electron chi connectivity index (χ0n) is 19.6. The van der Waals surface area contributed by atoms with Crippen molar-refractivity contribution in [3.8, 4) is 11.3 Å². The van der Waals surface area contributed by atoms with E-state index in [1.165, 1.54) is 12.0 Å². The Kier molecular flexibility index (Phi) is 11.6. The van der Waals surface area contributed by atoms with Gasteiger partial charge in [0, 0.05) is 31.4 Å². The highest BCUT2D eigenvalue weighted by Gasteiger charge is 2.09. The summed E-state index contributed by atoms with van der Waals surface area (Å²) in [5.74, 6) is 1.15. The molecule has 2 aromatic rings. The number of rotatable bonds is 16. The summed E-state index contributed by atoms with van der Waals surface area (Å²) in [6.45, 7) is 5.04. The minimum Gasteiger partial charge on any atom is -0.481 e. The molecule has 0 aliphatic heterocycles. The quantitative estimate of drug-likeness (QED) is 0.306. The fraction of sp³-hybridized carbons (Fsp3) is 0.577. The molecule has 0 saturated heterocycles. The molecule has 2 N–H and O–H groups in total. The van der Waals surface area contributed by atoms with Crippen LogP contribution in [0, 0.1) is 0 Å². The molecule has 6 nitrogen and oxygen atoms in total. The maximum absolute atomic E-state index is 12.1. The molecule has 1 aromatic carbocycles. The fourth-order valence-electron chi connectivity index (χ4n) is 3.59. The topological polar surface area (TPSA) is 92.4 Å². The van der Waals surface area contributed by atoms with Crippen molar-refractivity contribution < 1.29 is 19.1 Å². The van der Waals surface area contributed by atoms with Gasteiger partial charge in [-0.3, -0.25) is 9.59 Å². The minimum atomic E-state index is -0.704. The maximum Gasteiger partial charge on any atom is 0.303 e. The third-order valence-electron chi connectivity index (χ3n) is 5.62. The number of carboxylic acid groups (broad SMARTS) is 1. The van der Waals surface area contributed by atoms with Crippen LogP contribution in [0.3, 0.4) is 0 Å². The summed E-state index contributed by atoms with van der Waals surface area (Å²) in [5.41, 5.74) is 2.29. The fourth-order valence-corrected chi connectivity index (χ4v) is 3.59. The van der Waals surface area contributed by atoms with E-state index in [2.05, 4.69) is 36.3 Å². The number of carbonyl (C=O) groups excluding carboxylic acids is 1. The van der Waals surface area contributed by atoms with Crippen molar-refractivity contribution in [2.75, 3.05) is 6.54 Å². The van der Waals surface area contributed by atoms with Crippen LogP contribution in [-0.4, -0.2) is 28.5 Å². The second kappa shape index (κ2) is 14.4. The molecule has 1 aromatic heterocycles. The van der Waals surface area contributed by atoms with E-state index < -0.39 is 5.97 Å². The molecular weight excluding hydrogens is 404 g/mol. The van der Waals surface area contributed by atoms with Gasteiger partial charge in [-0.05, 0) is 24.3 Å². The lowest BCUT2D eigenvalue weighted by atomic mass is 10.0. The van der Waals surface area contributed by atoms with Gasteiger partial charge in [0.2, 0.25) is 5.91 Å². The van der Waals surface area contributed by atoms with E-state index in [1.807, 2.05) is 12.1 Å². The number of amides is 1. The van der Waals surface area contributed by atoms with Gasteiger partial charge >= 0.3 is 5.97 Å². The molecule has 6 heteroatoms. The monoisotopic (exact) mass is 442 g/mol. The summed E-state index contributed by atoms with van der Waals surface area (Å²) in [6, 6.07) is 8.31. The Labute approximate surface area is 191 Å². The first-order valence-electron chi connectivity index (χ1n) is 12.0. The number of carbonyl (C=O) groups is 2. The number of carboxylic acids is 1. The Balaban J connectivity index is 1.52. The largest absolute Gasteiger partial charge is 0.481 e. The van der Waals surface area contributed by atoms with E-state index in [4.69, 9.17) is 9.52 Å². The van der Waals surface area contributed by atoms with Gasteiger partial charge in [0.25, 0.3) is 0 Å². The number of aromatic nitrogens is 1. The van der Waals surface area contributed by atoms with E-state index in [0.29, 0.717) is 31.2 Å². The lowest BCUT2D eigenvalue weighted by Gasteiger charge is -2.05. The van der Waals surface area contributed by atoms with E-state index in [-0.39, 0.29) is 12.3 Å². The molecule has 0 bridgehead atoms. The van der Waals surface area contributed by atoms with Crippen molar-refractivity contribution in [3.05, 3.63) is 41.9 Å². The predicted molar refractivity (Wildman–Crippen MR) is 127 cm³/mol. The van der Waals surface area contributed by atoms with E-state index >= 15 is 0 Å². The van der Waals surface area contributed by atoms with Crippen molar-refractivity contribution >= 4 is 11.9 Å². The number of hydrogen-bond donors (Lipinski definition) is 2. The predicted octanol–water partition coefficient (Wildman–Crippen LogP) is 6.11. The molecule has 0 saturated carbocycles. The highest BCUT2D eigenvalue weighted by Crippen LogP contribution is 2.23. The first kappa shape index (κ1) is 25.6. The summed E-state index contributed by atoms with van der Waals surface area (Å²) in [7, 11) is 0. The number of nitrogens with zero attached hydrogens (tertiary/aromatic N) is 1. The average Bonchev–Trinajstić information content (AvgIpc) is 3.25. The Hall–Kier alpha value is -2.63. The molecule has 0 aliphatic carbocycles. The Morgan fingerprint density at radius 2 is 1.56 bits per heavy atom. The zero-order chi connectivity index (χ0) is 23.2. The Morgan fingerprint density at radius 1 is 0.938 bits per heavy atom. The molecule has 1 heterocycles. The van der Waals surface area contributed by atoms with Gasteiger partial charge in [0.05, 0.1) is 6.20 Å². The van der Waals surface area contributed by atoms with E-state index in [1.54, 1.807) is 6.20 Å². The molecule has 0 atom stereocenters. The summed E-state index contributed by atoms with van der Waals surface area (Å²) in [6.07, 6.45) is 11.4. The smallest absolute Gasteiger partial charge is 0.303 e. The third kappa shape index (κ3) is 10.1. The molecule has 0 fully saturated rings. The number of oxazole rings is 1. The average molecular weight is 443 g/mol. The molecule has 32 heavy (non-hydrogen) atoms. The highest BCUT2D eigenvalue weighted by molar-refractivity contribution is 5.76. The van der Waals surface area contributed by atoms with Gasteiger partial charge in [-0.25, -0.2) is 4.98 Å².